The van der Waals surface area contributed by atoms with Crippen LogP contribution in [-0.2, 0) is 19.4 Å². The number of nitrogens with one attached hydrogen (secondary N) is 1. The van der Waals surface area contributed by atoms with E-state index in [0.717, 1.165) is 36.2 Å². The second-order valence-corrected chi connectivity index (χ2v) is 6.14. The fourth-order valence-corrected chi connectivity index (χ4v) is 2.81. The lowest BCUT2D eigenvalue weighted by Crippen LogP contribution is -2.31. The van der Waals surface area contributed by atoms with E-state index >= 15 is 0 Å². The SMILES string of the molecule is CCCc1nn(Cc2ccccc2)c(CC)c1C(=O)NC(C)C. The number of nitrogens with zero attached hydrogens (tertiary/aromatic N) is 2. The highest BCUT2D eigenvalue weighted by molar-refractivity contribution is 5.96. The van der Waals surface area contributed by atoms with Gasteiger partial charge in [-0.1, -0.05) is 50.6 Å². The van der Waals surface area contributed by atoms with Crippen LogP contribution in [0.3, 0.4) is 0 Å². The molecule has 1 N–H and O–H groups in total. The largest absolute Gasteiger partial charge is 0.350 e. The van der Waals surface area contributed by atoms with E-state index in [9.17, 15) is 4.79 Å². The van der Waals surface area contributed by atoms with Gasteiger partial charge in [0.15, 0.2) is 0 Å². The summed E-state index contributed by atoms with van der Waals surface area (Å²) in [6, 6.07) is 10.4. The molecule has 0 aliphatic heterocycles. The molecular formula is C19H27N3O. The van der Waals surface area contributed by atoms with E-state index in [1.165, 1.54) is 5.56 Å². The predicted octanol–water partition coefficient (Wildman–Crippen LogP) is 3.58. The summed E-state index contributed by atoms with van der Waals surface area (Å²) >= 11 is 0. The van der Waals surface area contributed by atoms with Gasteiger partial charge in [0.1, 0.15) is 0 Å². The van der Waals surface area contributed by atoms with Crippen molar-refractivity contribution in [3.63, 3.8) is 0 Å². The van der Waals surface area contributed by atoms with Crippen molar-refractivity contribution in [2.45, 2.75) is 59.5 Å². The quantitative estimate of drug-likeness (QED) is 0.849. The number of aromatic nitrogens is 2. The van der Waals surface area contributed by atoms with Crippen LogP contribution in [0.1, 0.15) is 61.4 Å². The van der Waals surface area contributed by atoms with Crippen LogP contribution < -0.4 is 5.32 Å². The van der Waals surface area contributed by atoms with Gasteiger partial charge in [-0.25, -0.2) is 0 Å². The molecule has 0 saturated heterocycles. The van der Waals surface area contributed by atoms with E-state index in [4.69, 9.17) is 5.10 Å². The van der Waals surface area contributed by atoms with Gasteiger partial charge < -0.3 is 5.32 Å². The number of amides is 1. The molecule has 0 aliphatic carbocycles. The van der Waals surface area contributed by atoms with Crippen LogP contribution in [0.2, 0.25) is 0 Å². The molecule has 2 aromatic rings. The molecule has 0 atom stereocenters. The van der Waals surface area contributed by atoms with Gasteiger partial charge in [-0.05, 0) is 32.3 Å². The molecule has 1 amide bonds. The van der Waals surface area contributed by atoms with Crippen LogP contribution in [0.5, 0.6) is 0 Å². The average molecular weight is 313 g/mol. The summed E-state index contributed by atoms with van der Waals surface area (Å²) in [5.41, 5.74) is 3.91. The third-order valence-electron chi connectivity index (χ3n) is 3.77. The van der Waals surface area contributed by atoms with Gasteiger partial charge >= 0.3 is 0 Å². The lowest BCUT2D eigenvalue weighted by Gasteiger charge is -2.11. The van der Waals surface area contributed by atoms with E-state index < -0.39 is 0 Å². The first-order valence-electron chi connectivity index (χ1n) is 8.50. The first-order valence-corrected chi connectivity index (χ1v) is 8.50. The minimum atomic E-state index is -0.000360. The van der Waals surface area contributed by atoms with E-state index in [1.54, 1.807) is 0 Å². The van der Waals surface area contributed by atoms with Crippen molar-refractivity contribution < 1.29 is 4.79 Å². The highest BCUT2D eigenvalue weighted by Gasteiger charge is 2.22. The zero-order valence-corrected chi connectivity index (χ0v) is 14.6. The van der Waals surface area contributed by atoms with Gasteiger partial charge in [0, 0.05) is 6.04 Å². The van der Waals surface area contributed by atoms with Crippen molar-refractivity contribution in [1.29, 1.82) is 0 Å². The van der Waals surface area contributed by atoms with Crippen molar-refractivity contribution in [1.82, 2.24) is 15.1 Å². The third kappa shape index (κ3) is 4.21. The van der Waals surface area contributed by atoms with E-state index in [2.05, 4.69) is 31.3 Å². The van der Waals surface area contributed by atoms with Crippen LogP contribution in [0.25, 0.3) is 0 Å². The summed E-state index contributed by atoms with van der Waals surface area (Å²) < 4.78 is 2.00. The summed E-state index contributed by atoms with van der Waals surface area (Å²) in [6.07, 6.45) is 2.60. The molecule has 4 heteroatoms. The van der Waals surface area contributed by atoms with Gasteiger partial charge in [-0.15, -0.1) is 0 Å². The van der Waals surface area contributed by atoms with E-state index in [1.807, 2.05) is 36.7 Å². The molecular weight excluding hydrogens is 286 g/mol. The normalized spacial score (nSPS) is 11.0. The second kappa shape index (κ2) is 7.95. The maximum absolute atomic E-state index is 12.6. The van der Waals surface area contributed by atoms with Crippen molar-refractivity contribution >= 4 is 5.91 Å². The smallest absolute Gasteiger partial charge is 0.255 e. The van der Waals surface area contributed by atoms with Crippen LogP contribution >= 0.6 is 0 Å². The molecule has 1 heterocycles. The molecule has 0 unspecified atom stereocenters. The summed E-state index contributed by atoms with van der Waals surface area (Å²) in [6.45, 7) is 8.87. The number of hydrogen-bond donors (Lipinski definition) is 1. The molecule has 0 saturated carbocycles. The Morgan fingerprint density at radius 2 is 1.91 bits per heavy atom. The van der Waals surface area contributed by atoms with E-state index in [-0.39, 0.29) is 11.9 Å². The van der Waals surface area contributed by atoms with Crippen LogP contribution in [0, 0.1) is 0 Å². The first-order chi connectivity index (χ1) is 11.1. The molecule has 0 fully saturated rings. The molecule has 1 aromatic heterocycles. The molecule has 1 aromatic carbocycles. The number of carbonyl (C=O) groups is 1. The average Bonchev–Trinajstić information content (AvgIpc) is 2.85. The summed E-state index contributed by atoms with van der Waals surface area (Å²) in [5, 5.41) is 7.77. The van der Waals surface area contributed by atoms with Gasteiger partial charge in [-0.3, -0.25) is 9.48 Å². The standard InChI is InChI=1S/C19H27N3O/c1-5-10-16-18(19(23)20-14(3)4)17(6-2)22(21-16)13-15-11-8-7-9-12-15/h7-9,11-12,14H,5-6,10,13H2,1-4H3,(H,20,23). The Balaban J connectivity index is 2.41. The molecule has 0 radical (unpaired) electrons. The van der Waals surface area contributed by atoms with Crippen molar-refractivity contribution in [2.75, 3.05) is 0 Å². The molecule has 4 nitrogen and oxygen atoms in total. The van der Waals surface area contributed by atoms with Gasteiger partial charge in [-0.2, -0.15) is 5.10 Å². The Kier molecular flexibility index (Phi) is 5.97. The summed E-state index contributed by atoms with van der Waals surface area (Å²) in [7, 11) is 0. The van der Waals surface area contributed by atoms with Gasteiger partial charge in [0.2, 0.25) is 0 Å². The fraction of sp³-hybridized carbons (Fsp3) is 0.474. The zero-order chi connectivity index (χ0) is 16.8. The Morgan fingerprint density at radius 1 is 1.22 bits per heavy atom. The molecule has 0 aliphatic rings. The topological polar surface area (TPSA) is 46.9 Å². The maximum Gasteiger partial charge on any atom is 0.255 e. The van der Waals surface area contributed by atoms with Crippen molar-refractivity contribution in [3.8, 4) is 0 Å². The molecule has 124 valence electrons. The predicted molar refractivity (Wildman–Crippen MR) is 93.7 cm³/mol. The fourth-order valence-electron chi connectivity index (χ4n) is 2.81. The maximum atomic E-state index is 12.6. The second-order valence-electron chi connectivity index (χ2n) is 6.14. The number of carbonyl (C=O) groups excluding carboxylic acids is 1. The molecule has 23 heavy (non-hydrogen) atoms. The highest BCUT2D eigenvalue weighted by Crippen LogP contribution is 2.19. The Morgan fingerprint density at radius 3 is 2.48 bits per heavy atom. The lowest BCUT2D eigenvalue weighted by molar-refractivity contribution is 0.0941. The van der Waals surface area contributed by atoms with Crippen molar-refractivity contribution in [2.24, 2.45) is 0 Å². The molecule has 0 bridgehead atoms. The number of benzene rings is 1. The minimum Gasteiger partial charge on any atom is -0.350 e. The Labute approximate surface area is 138 Å². The van der Waals surface area contributed by atoms with Crippen LogP contribution in [0.15, 0.2) is 30.3 Å². The number of aryl methyl sites for hydroxylation is 1. The monoisotopic (exact) mass is 313 g/mol. The Bertz CT molecular complexity index is 644. The first kappa shape index (κ1) is 17.3. The summed E-state index contributed by atoms with van der Waals surface area (Å²) in [4.78, 5) is 12.6. The van der Waals surface area contributed by atoms with E-state index in [0.29, 0.717) is 6.54 Å². The highest BCUT2D eigenvalue weighted by atomic mass is 16.1. The summed E-state index contributed by atoms with van der Waals surface area (Å²) in [5.74, 6) is -0.000360. The van der Waals surface area contributed by atoms with Crippen LogP contribution in [-0.4, -0.2) is 21.7 Å². The Hall–Kier alpha value is -2.10. The third-order valence-corrected chi connectivity index (χ3v) is 3.77. The molecule has 0 spiro atoms. The van der Waals surface area contributed by atoms with Crippen molar-refractivity contribution in [3.05, 3.63) is 52.8 Å². The number of hydrogen-bond acceptors (Lipinski definition) is 2. The lowest BCUT2D eigenvalue weighted by atomic mass is 10.1. The van der Waals surface area contributed by atoms with Gasteiger partial charge in [0.05, 0.1) is 23.5 Å². The van der Waals surface area contributed by atoms with Crippen LogP contribution in [0.4, 0.5) is 0 Å². The zero-order valence-electron chi connectivity index (χ0n) is 14.6. The molecule has 2 rings (SSSR count). The van der Waals surface area contributed by atoms with Gasteiger partial charge in [0.25, 0.3) is 5.91 Å². The number of rotatable bonds is 7. The minimum absolute atomic E-state index is 0.000360.